The second-order valence-corrected chi connectivity index (χ2v) is 7.66. The fourth-order valence-electron chi connectivity index (χ4n) is 1.95. The van der Waals surface area contributed by atoms with Gasteiger partial charge in [0.2, 0.25) is 10.0 Å². The van der Waals surface area contributed by atoms with E-state index in [1.165, 1.54) is 28.8 Å². The van der Waals surface area contributed by atoms with Crippen molar-refractivity contribution in [3.63, 3.8) is 0 Å². The Morgan fingerprint density at radius 3 is 2.90 bits per heavy atom. The predicted octanol–water partition coefficient (Wildman–Crippen LogP) is 1.31. The Bertz CT molecular complexity index is 635. The molecule has 1 aromatic rings. The highest BCUT2D eigenvalue weighted by atomic mass is 32.2. The molecule has 1 fully saturated rings. The summed E-state index contributed by atoms with van der Waals surface area (Å²) in [7, 11) is -3.57. The Morgan fingerprint density at radius 1 is 1.33 bits per heavy atom. The molecule has 0 saturated carbocycles. The lowest BCUT2D eigenvalue weighted by Gasteiger charge is -2.19. The standard InChI is InChI=1S/C13H16N2O4S2/c16-13(17)3-2-11-8-12(10-14-9-11)21(18,19)15-4-1-6-20-7-5-15/h2-3,8-10H,1,4-7H2,(H,16,17). The van der Waals surface area contributed by atoms with Gasteiger partial charge in [-0.1, -0.05) is 0 Å². The molecular weight excluding hydrogens is 312 g/mol. The minimum absolute atomic E-state index is 0.0990. The molecule has 0 unspecified atom stereocenters. The molecule has 2 rings (SSSR count). The summed E-state index contributed by atoms with van der Waals surface area (Å²) in [4.78, 5) is 14.5. The van der Waals surface area contributed by atoms with Crippen LogP contribution in [0.3, 0.4) is 0 Å². The van der Waals surface area contributed by atoms with Crippen LogP contribution in [0, 0.1) is 0 Å². The summed E-state index contributed by atoms with van der Waals surface area (Å²) in [5.74, 6) is 0.657. The van der Waals surface area contributed by atoms with E-state index < -0.39 is 16.0 Å². The lowest BCUT2D eigenvalue weighted by atomic mass is 10.2. The fraction of sp³-hybridized carbons (Fsp3) is 0.385. The first kappa shape index (κ1) is 16.0. The van der Waals surface area contributed by atoms with E-state index in [0.717, 1.165) is 24.0 Å². The van der Waals surface area contributed by atoms with Crippen LogP contribution in [0.15, 0.2) is 29.4 Å². The molecule has 1 aliphatic heterocycles. The third kappa shape index (κ3) is 4.29. The molecular formula is C13H16N2O4S2. The normalized spacial score (nSPS) is 17.7. The highest BCUT2D eigenvalue weighted by molar-refractivity contribution is 7.99. The predicted molar refractivity (Wildman–Crippen MR) is 81.6 cm³/mol. The van der Waals surface area contributed by atoms with Gasteiger partial charge in [-0.2, -0.15) is 16.1 Å². The van der Waals surface area contributed by atoms with Gasteiger partial charge in [-0.05, 0) is 29.9 Å². The van der Waals surface area contributed by atoms with Crippen LogP contribution in [0.4, 0.5) is 0 Å². The summed E-state index contributed by atoms with van der Waals surface area (Å²) >= 11 is 1.75. The number of nitrogens with zero attached hydrogens (tertiary/aromatic N) is 2. The molecule has 0 amide bonds. The van der Waals surface area contributed by atoms with Gasteiger partial charge in [0.05, 0.1) is 0 Å². The number of rotatable bonds is 4. The molecule has 114 valence electrons. The van der Waals surface area contributed by atoms with Gasteiger partial charge in [-0.3, -0.25) is 4.98 Å². The van der Waals surface area contributed by atoms with Crippen LogP contribution in [-0.2, 0) is 14.8 Å². The van der Waals surface area contributed by atoms with Crippen LogP contribution in [0.1, 0.15) is 12.0 Å². The lowest BCUT2D eigenvalue weighted by Crippen LogP contribution is -2.33. The highest BCUT2D eigenvalue weighted by Crippen LogP contribution is 2.20. The number of carbonyl (C=O) groups is 1. The first-order valence-electron chi connectivity index (χ1n) is 6.44. The highest BCUT2D eigenvalue weighted by Gasteiger charge is 2.25. The van der Waals surface area contributed by atoms with E-state index in [4.69, 9.17) is 5.11 Å². The minimum Gasteiger partial charge on any atom is -0.478 e. The summed E-state index contributed by atoms with van der Waals surface area (Å²) in [6.45, 7) is 0.993. The smallest absolute Gasteiger partial charge is 0.328 e. The van der Waals surface area contributed by atoms with Crippen molar-refractivity contribution in [1.82, 2.24) is 9.29 Å². The second kappa shape index (κ2) is 7.06. The number of thioether (sulfide) groups is 1. The fourth-order valence-corrected chi connectivity index (χ4v) is 4.43. The van der Waals surface area contributed by atoms with Gasteiger partial charge in [0.15, 0.2) is 0 Å². The van der Waals surface area contributed by atoms with Crippen molar-refractivity contribution >= 4 is 33.8 Å². The Hall–Kier alpha value is -1.38. The maximum Gasteiger partial charge on any atom is 0.328 e. The molecule has 0 aliphatic carbocycles. The summed E-state index contributed by atoms with van der Waals surface area (Å²) in [6, 6.07) is 1.44. The molecule has 21 heavy (non-hydrogen) atoms. The minimum atomic E-state index is -3.57. The van der Waals surface area contributed by atoms with Crippen molar-refractivity contribution in [1.29, 1.82) is 0 Å². The van der Waals surface area contributed by atoms with Gasteiger partial charge < -0.3 is 5.11 Å². The Balaban J connectivity index is 2.27. The van der Waals surface area contributed by atoms with Gasteiger partial charge in [-0.25, -0.2) is 13.2 Å². The lowest BCUT2D eigenvalue weighted by molar-refractivity contribution is -0.131. The topological polar surface area (TPSA) is 87.6 Å². The summed E-state index contributed by atoms with van der Waals surface area (Å²) in [5.41, 5.74) is 0.447. The maximum absolute atomic E-state index is 12.6. The zero-order valence-electron chi connectivity index (χ0n) is 11.3. The van der Waals surface area contributed by atoms with Crippen LogP contribution in [0.2, 0.25) is 0 Å². The molecule has 0 spiro atoms. The molecule has 0 atom stereocenters. The monoisotopic (exact) mass is 328 g/mol. The number of carboxylic acids is 1. The van der Waals surface area contributed by atoms with Crippen LogP contribution in [0.25, 0.3) is 6.08 Å². The molecule has 1 N–H and O–H groups in total. The molecule has 0 bridgehead atoms. The van der Waals surface area contributed by atoms with Crippen molar-refractivity contribution in [2.24, 2.45) is 0 Å². The number of hydrogen-bond donors (Lipinski definition) is 1. The van der Waals surface area contributed by atoms with Crippen molar-refractivity contribution in [3.05, 3.63) is 30.1 Å². The average Bonchev–Trinajstić information content (AvgIpc) is 2.75. The van der Waals surface area contributed by atoms with Crippen molar-refractivity contribution in [2.45, 2.75) is 11.3 Å². The molecule has 1 saturated heterocycles. The van der Waals surface area contributed by atoms with Crippen molar-refractivity contribution in [3.8, 4) is 0 Å². The SMILES string of the molecule is O=C(O)C=Cc1cncc(S(=O)(=O)N2CCCSCC2)c1. The quantitative estimate of drug-likeness (QED) is 0.839. The number of aromatic nitrogens is 1. The number of aliphatic carboxylic acids is 1. The van der Waals surface area contributed by atoms with Gasteiger partial charge in [0, 0.05) is 37.3 Å². The van der Waals surface area contributed by atoms with E-state index in [9.17, 15) is 13.2 Å². The van der Waals surface area contributed by atoms with Crippen molar-refractivity contribution < 1.29 is 18.3 Å². The second-order valence-electron chi connectivity index (χ2n) is 4.50. The molecule has 2 heterocycles. The zero-order valence-corrected chi connectivity index (χ0v) is 12.9. The molecule has 1 aliphatic rings. The summed E-state index contributed by atoms with van der Waals surface area (Å²) in [5, 5.41) is 8.60. The number of sulfonamides is 1. The van der Waals surface area contributed by atoms with E-state index in [1.54, 1.807) is 11.8 Å². The zero-order chi connectivity index (χ0) is 15.3. The van der Waals surface area contributed by atoms with Crippen LogP contribution in [0.5, 0.6) is 0 Å². The van der Waals surface area contributed by atoms with Gasteiger partial charge in [0.1, 0.15) is 4.90 Å². The van der Waals surface area contributed by atoms with Crippen LogP contribution < -0.4 is 0 Å². The van der Waals surface area contributed by atoms with E-state index in [-0.39, 0.29) is 4.90 Å². The van der Waals surface area contributed by atoms with E-state index in [1.807, 2.05) is 0 Å². The largest absolute Gasteiger partial charge is 0.478 e. The van der Waals surface area contributed by atoms with Gasteiger partial charge in [0.25, 0.3) is 0 Å². The third-order valence-corrected chi connectivity index (χ3v) is 5.88. The van der Waals surface area contributed by atoms with Crippen LogP contribution in [-0.4, -0.2) is 53.4 Å². The first-order valence-corrected chi connectivity index (χ1v) is 9.03. The number of hydrogen-bond acceptors (Lipinski definition) is 5. The van der Waals surface area contributed by atoms with E-state index in [2.05, 4.69) is 4.98 Å². The first-order chi connectivity index (χ1) is 10.00. The molecule has 0 aromatic carbocycles. The summed E-state index contributed by atoms with van der Waals surface area (Å²) in [6.07, 6.45) is 5.83. The van der Waals surface area contributed by atoms with E-state index in [0.29, 0.717) is 18.7 Å². The molecule has 0 radical (unpaired) electrons. The van der Waals surface area contributed by atoms with Crippen molar-refractivity contribution in [2.75, 3.05) is 24.6 Å². The summed E-state index contributed by atoms with van der Waals surface area (Å²) < 4.78 is 26.6. The Kier molecular flexibility index (Phi) is 5.38. The Morgan fingerprint density at radius 2 is 2.14 bits per heavy atom. The third-order valence-electron chi connectivity index (χ3n) is 2.97. The molecule has 6 nitrogen and oxygen atoms in total. The Labute approximate surface area is 127 Å². The van der Waals surface area contributed by atoms with E-state index >= 15 is 0 Å². The van der Waals surface area contributed by atoms with Crippen LogP contribution >= 0.6 is 11.8 Å². The maximum atomic E-state index is 12.6. The van der Waals surface area contributed by atoms with Gasteiger partial charge in [-0.15, -0.1) is 0 Å². The number of pyridine rings is 1. The average molecular weight is 328 g/mol. The molecule has 8 heteroatoms. The molecule has 1 aromatic heterocycles. The van der Waals surface area contributed by atoms with Gasteiger partial charge >= 0.3 is 5.97 Å². The number of carboxylic acid groups (broad SMARTS) is 1.